The molecule has 0 aromatic rings. The summed E-state index contributed by atoms with van der Waals surface area (Å²) in [4.78, 5) is 12.6. The van der Waals surface area contributed by atoms with Crippen molar-refractivity contribution in [2.75, 3.05) is 6.61 Å². The number of ether oxygens (including phenoxy) is 1. The van der Waals surface area contributed by atoms with Gasteiger partial charge in [-0.3, -0.25) is 4.90 Å². The van der Waals surface area contributed by atoms with Gasteiger partial charge in [0.1, 0.15) is 6.61 Å². The maximum Gasteiger partial charge on any atom is 0.414 e. The molecule has 0 N–H and O–H groups in total. The van der Waals surface area contributed by atoms with Crippen molar-refractivity contribution in [3.05, 3.63) is 18.5 Å². The standard InChI is InChI=1S/C9H13NO2/c1-4-5-10-8(7(2)3)6-12-9(10)11/h5,7-8H,1,6H2,2-3H3/t8-/m0/s1. The van der Waals surface area contributed by atoms with E-state index < -0.39 is 0 Å². The van der Waals surface area contributed by atoms with Gasteiger partial charge in [-0.05, 0) is 5.92 Å². The summed E-state index contributed by atoms with van der Waals surface area (Å²) >= 11 is 0. The average Bonchev–Trinajstić information content (AvgIpc) is 2.34. The van der Waals surface area contributed by atoms with Gasteiger partial charge in [-0.2, -0.15) is 0 Å². The van der Waals surface area contributed by atoms with E-state index in [0.29, 0.717) is 12.5 Å². The molecule has 0 bridgehead atoms. The molecule has 0 aliphatic carbocycles. The van der Waals surface area contributed by atoms with Gasteiger partial charge < -0.3 is 4.74 Å². The topological polar surface area (TPSA) is 29.5 Å². The van der Waals surface area contributed by atoms with Crippen molar-refractivity contribution in [2.45, 2.75) is 19.9 Å². The zero-order valence-electron chi connectivity index (χ0n) is 7.41. The second-order valence-electron chi connectivity index (χ2n) is 3.13. The van der Waals surface area contributed by atoms with Crippen LogP contribution in [-0.2, 0) is 4.74 Å². The first-order valence-electron chi connectivity index (χ1n) is 3.98. The Morgan fingerprint density at radius 1 is 1.83 bits per heavy atom. The third kappa shape index (κ3) is 1.51. The van der Waals surface area contributed by atoms with Crippen LogP contribution in [-0.4, -0.2) is 23.6 Å². The van der Waals surface area contributed by atoms with Crippen LogP contribution in [0.15, 0.2) is 18.5 Å². The first-order valence-corrected chi connectivity index (χ1v) is 3.98. The lowest BCUT2D eigenvalue weighted by Gasteiger charge is -2.19. The fourth-order valence-corrected chi connectivity index (χ4v) is 1.21. The summed E-state index contributed by atoms with van der Waals surface area (Å²) < 4.78 is 4.88. The minimum absolute atomic E-state index is 0.131. The summed E-state index contributed by atoms with van der Waals surface area (Å²) in [5.41, 5.74) is 2.58. The fraction of sp³-hybridized carbons (Fsp3) is 0.556. The van der Waals surface area contributed by atoms with Crippen molar-refractivity contribution >= 4 is 6.09 Å². The number of carbonyl (C=O) groups excluding carboxylic acids is 1. The van der Waals surface area contributed by atoms with Gasteiger partial charge >= 0.3 is 6.09 Å². The van der Waals surface area contributed by atoms with Crippen LogP contribution in [0, 0.1) is 5.92 Å². The maximum atomic E-state index is 11.1. The van der Waals surface area contributed by atoms with E-state index in [1.54, 1.807) is 6.20 Å². The lowest BCUT2D eigenvalue weighted by atomic mass is 10.1. The lowest BCUT2D eigenvalue weighted by molar-refractivity contribution is 0.166. The summed E-state index contributed by atoms with van der Waals surface area (Å²) in [6.07, 6.45) is 1.24. The van der Waals surface area contributed by atoms with Gasteiger partial charge in [0.25, 0.3) is 0 Å². The highest BCUT2D eigenvalue weighted by Gasteiger charge is 2.33. The normalized spacial score (nSPS) is 22.4. The van der Waals surface area contributed by atoms with E-state index in [2.05, 4.69) is 26.2 Å². The molecule has 1 heterocycles. The second kappa shape index (κ2) is 3.46. The third-order valence-electron chi connectivity index (χ3n) is 1.95. The molecule has 1 saturated heterocycles. The van der Waals surface area contributed by atoms with E-state index in [-0.39, 0.29) is 12.1 Å². The van der Waals surface area contributed by atoms with Crippen molar-refractivity contribution in [2.24, 2.45) is 5.92 Å². The number of hydrogen-bond acceptors (Lipinski definition) is 2. The summed E-state index contributed by atoms with van der Waals surface area (Å²) in [5, 5.41) is 0. The molecule has 1 atom stereocenters. The fourth-order valence-electron chi connectivity index (χ4n) is 1.21. The molecule has 0 unspecified atom stereocenters. The summed E-state index contributed by atoms with van der Waals surface area (Å²) in [6, 6.07) is 0.131. The van der Waals surface area contributed by atoms with E-state index in [1.165, 1.54) is 4.90 Å². The van der Waals surface area contributed by atoms with Gasteiger partial charge in [0.15, 0.2) is 0 Å². The Kier molecular flexibility index (Phi) is 2.56. The zero-order valence-corrected chi connectivity index (χ0v) is 7.41. The predicted molar refractivity (Wildman–Crippen MR) is 45.5 cm³/mol. The molecule has 66 valence electrons. The van der Waals surface area contributed by atoms with Gasteiger partial charge in [-0.25, -0.2) is 4.79 Å². The molecule has 1 aliphatic rings. The lowest BCUT2D eigenvalue weighted by Crippen LogP contribution is -2.32. The predicted octanol–water partition coefficient (Wildman–Crippen LogP) is 1.76. The van der Waals surface area contributed by atoms with Crippen LogP contribution in [0.3, 0.4) is 0 Å². The molecule has 1 fully saturated rings. The molecule has 0 radical (unpaired) electrons. The molecule has 1 rings (SSSR count). The number of carbonyl (C=O) groups is 1. The van der Waals surface area contributed by atoms with Crippen LogP contribution in [0.25, 0.3) is 0 Å². The quantitative estimate of drug-likeness (QED) is 0.586. The molecule has 1 aliphatic heterocycles. The maximum absolute atomic E-state index is 11.1. The van der Waals surface area contributed by atoms with Gasteiger partial charge in [-0.1, -0.05) is 20.4 Å². The number of nitrogens with zero attached hydrogens (tertiary/aromatic N) is 1. The van der Waals surface area contributed by atoms with Gasteiger partial charge in [0.05, 0.1) is 12.2 Å². The number of amides is 1. The summed E-state index contributed by atoms with van der Waals surface area (Å²) in [5.74, 6) is 0.390. The van der Waals surface area contributed by atoms with E-state index >= 15 is 0 Å². The molecule has 3 nitrogen and oxygen atoms in total. The van der Waals surface area contributed by atoms with Crippen molar-refractivity contribution in [3.63, 3.8) is 0 Å². The van der Waals surface area contributed by atoms with Crippen LogP contribution in [0.5, 0.6) is 0 Å². The largest absolute Gasteiger partial charge is 0.447 e. The van der Waals surface area contributed by atoms with E-state index in [1.807, 2.05) is 0 Å². The molecule has 0 aromatic heterocycles. The monoisotopic (exact) mass is 167 g/mol. The van der Waals surface area contributed by atoms with Crippen LogP contribution in [0.2, 0.25) is 0 Å². The van der Waals surface area contributed by atoms with Crippen molar-refractivity contribution in [3.8, 4) is 0 Å². The Bertz CT molecular complexity index is 229. The Morgan fingerprint density at radius 2 is 2.50 bits per heavy atom. The van der Waals surface area contributed by atoms with Crippen molar-refractivity contribution in [1.29, 1.82) is 0 Å². The molecular weight excluding hydrogens is 154 g/mol. The smallest absolute Gasteiger partial charge is 0.414 e. The Morgan fingerprint density at radius 3 is 3.00 bits per heavy atom. The third-order valence-corrected chi connectivity index (χ3v) is 1.95. The second-order valence-corrected chi connectivity index (χ2v) is 3.13. The van der Waals surface area contributed by atoms with Crippen LogP contribution < -0.4 is 0 Å². The Hall–Kier alpha value is -1.21. The van der Waals surface area contributed by atoms with Crippen LogP contribution in [0.1, 0.15) is 13.8 Å². The summed E-state index contributed by atoms with van der Waals surface area (Å²) in [6.45, 7) is 7.99. The molecule has 12 heavy (non-hydrogen) atoms. The number of hydrogen-bond donors (Lipinski definition) is 0. The molecular formula is C9H13NO2. The minimum atomic E-state index is -0.301. The van der Waals surface area contributed by atoms with Crippen molar-refractivity contribution in [1.82, 2.24) is 4.90 Å². The molecule has 3 heteroatoms. The highest BCUT2D eigenvalue weighted by atomic mass is 16.6. The van der Waals surface area contributed by atoms with E-state index in [4.69, 9.17) is 4.74 Å². The van der Waals surface area contributed by atoms with Crippen molar-refractivity contribution < 1.29 is 9.53 Å². The average molecular weight is 167 g/mol. The first-order chi connectivity index (χ1) is 5.66. The summed E-state index contributed by atoms with van der Waals surface area (Å²) in [7, 11) is 0. The van der Waals surface area contributed by atoms with Crippen LogP contribution in [0.4, 0.5) is 4.79 Å². The Labute approximate surface area is 72.3 Å². The van der Waals surface area contributed by atoms with E-state index in [9.17, 15) is 4.79 Å². The number of rotatable bonds is 2. The molecule has 0 aromatic carbocycles. The van der Waals surface area contributed by atoms with Gasteiger partial charge in [-0.15, -0.1) is 5.73 Å². The van der Waals surface area contributed by atoms with E-state index in [0.717, 1.165) is 0 Å². The molecule has 0 spiro atoms. The highest BCUT2D eigenvalue weighted by molar-refractivity contribution is 5.71. The first kappa shape index (κ1) is 8.88. The Balaban J connectivity index is 2.76. The zero-order chi connectivity index (χ0) is 9.14. The molecule has 1 amide bonds. The highest BCUT2D eigenvalue weighted by Crippen LogP contribution is 2.19. The molecule has 0 saturated carbocycles. The minimum Gasteiger partial charge on any atom is -0.447 e. The van der Waals surface area contributed by atoms with Gasteiger partial charge in [0, 0.05) is 0 Å². The van der Waals surface area contributed by atoms with Gasteiger partial charge in [0.2, 0.25) is 0 Å². The SMILES string of the molecule is C=C=CN1C(=O)OC[C@H]1C(C)C. The van der Waals surface area contributed by atoms with Crippen LogP contribution >= 0.6 is 0 Å². The number of cyclic esters (lactones) is 1.